The summed E-state index contributed by atoms with van der Waals surface area (Å²) in [5, 5.41) is 11.4. The number of carbonyl (C=O) groups excluding carboxylic acids is 2. The Morgan fingerprint density at radius 2 is 2.10 bits per heavy atom. The van der Waals surface area contributed by atoms with Crippen molar-refractivity contribution in [3.8, 4) is 0 Å². The molecule has 2 N–H and O–H groups in total. The van der Waals surface area contributed by atoms with Gasteiger partial charge in [-0.3, -0.25) is 9.59 Å². The third kappa shape index (κ3) is 3.92. The highest BCUT2D eigenvalue weighted by molar-refractivity contribution is 6.00. The Morgan fingerprint density at radius 3 is 2.55 bits per heavy atom. The fourth-order valence-electron chi connectivity index (χ4n) is 1.71. The Bertz CT molecular complexity index is 521. The maximum absolute atomic E-state index is 12.0. The van der Waals surface area contributed by atoms with Crippen molar-refractivity contribution >= 4 is 17.7 Å². The van der Waals surface area contributed by atoms with E-state index >= 15 is 0 Å². The number of ether oxygens (including phenoxy) is 1. The van der Waals surface area contributed by atoms with E-state index in [0.29, 0.717) is 5.56 Å². The Kier molecular flexibility index (Phi) is 5.45. The van der Waals surface area contributed by atoms with E-state index in [1.165, 1.54) is 30.9 Å². The summed E-state index contributed by atoms with van der Waals surface area (Å²) >= 11 is 0. The van der Waals surface area contributed by atoms with Crippen molar-refractivity contribution < 1.29 is 24.2 Å². The monoisotopic (exact) mass is 282 g/mol. The van der Waals surface area contributed by atoms with Gasteiger partial charge in [0, 0.05) is 38.9 Å². The zero-order valence-corrected chi connectivity index (χ0v) is 11.7. The first-order chi connectivity index (χ1) is 9.36. The first-order valence-electron chi connectivity index (χ1n) is 6.06. The van der Waals surface area contributed by atoms with Crippen molar-refractivity contribution in [2.24, 2.45) is 7.05 Å². The van der Waals surface area contributed by atoms with Gasteiger partial charge >= 0.3 is 5.97 Å². The zero-order valence-electron chi connectivity index (χ0n) is 11.7. The fraction of sp³-hybridized carbons (Fsp3) is 0.462. The van der Waals surface area contributed by atoms with E-state index in [1.54, 1.807) is 7.05 Å². The molecule has 0 bridgehead atoms. The van der Waals surface area contributed by atoms with Gasteiger partial charge in [-0.1, -0.05) is 0 Å². The lowest BCUT2D eigenvalue weighted by atomic mass is 10.2. The highest BCUT2D eigenvalue weighted by atomic mass is 16.5. The second kappa shape index (κ2) is 6.85. The van der Waals surface area contributed by atoms with Crippen LogP contribution in [0.3, 0.4) is 0 Å². The van der Waals surface area contributed by atoms with E-state index in [1.807, 2.05) is 0 Å². The lowest BCUT2D eigenvalue weighted by Gasteiger charge is -2.14. The number of Topliss-reactive ketones (excluding diaryl/α,β-unsaturated/α-hetero) is 1. The summed E-state index contributed by atoms with van der Waals surface area (Å²) in [7, 11) is 3.07. The number of nitrogens with zero attached hydrogens (tertiary/aromatic N) is 1. The van der Waals surface area contributed by atoms with Crippen LogP contribution >= 0.6 is 0 Å². The van der Waals surface area contributed by atoms with Gasteiger partial charge in [-0.05, 0) is 13.0 Å². The topological polar surface area (TPSA) is 97.6 Å². The van der Waals surface area contributed by atoms with Crippen LogP contribution in [0.5, 0.6) is 0 Å². The average molecular weight is 282 g/mol. The second-order valence-corrected chi connectivity index (χ2v) is 4.43. The van der Waals surface area contributed by atoms with Crippen LogP contribution in [0.4, 0.5) is 0 Å². The van der Waals surface area contributed by atoms with E-state index in [-0.39, 0.29) is 24.5 Å². The molecule has 1 aromatic rings. The van der Waals surface area contributed by atoms with Crippen LogP contribution in [0.25, 0.3) is 0 Å². The molecular weight excluding hydrogens is 264 g/mol. The molecule has 0 radical (unpaired) electrons. The third-order valence-corrected chi connectivity index (χ3v) is 2.86. The van der Waals surface area contributed by atoms with Gasteiger partial charge < -0.3 is 19.7 Å². The summed E-state index contributed by atoms with van der Waals surface area (Å²) in [6.07, 6.45) is 1.70. The Labute approximate surface area is 116 Å². The molecule has 1 rings (SSSR count). The minimum atomic E-state index is -1.13. The minimum Gasteiger partial charge on any atom is -0.480 e. The van der Waals surface area contributed by atoms with Crippen molar-refractivity contribution in [3.05, 3.63) is 23.5 Å². The Hall–Kier alpha value is -2.15. The number of methoxy groups -OCH3 is 1. The predicted molar refractivity (Wildman–Crippen MR) is 70.8 cm³/mol. The van der Waals surface area contributed by atoms with Crippen molar-refractivity contribution in [3.63, 3.8) is 0 Å². The number of carboxylic acid groups (broad SMARTS) is 1. The van der Waals surface area contributed by atoms with Crippen molar-refractivity contribution in [2.45, 2.75) is 19.4 Å². The van der Waals surface area contributed by atoms with E-state index in [9.17, 15) is 14.4 Å². The third-order valence-electron chi connectivity index (χ3n) is 2.86. The summed E-state index contributed by atoms with van der Waals surface area (Å²) in [5.41, 5.74) is 0.639. The number of rotatable bonds is 7. The Morgan fingerprint density at radius 1 is 1.45 bits per heavy atom. The molecule has 1 unspecified atom stereocenters. The number of carboxylic acids is 1. The largest absolute Gasteiger partial charge is 0.480 e. The lowest BCUT2D eigenvalue weighted by Crippen LogP contribution is -2.42. The molecule has 0 aliphatic carbocycles. The highest BCUT2D eigenvalue weighted by Gasteiger charge is 2.22. The predicted octanol–water partition coefficient (Wildman–Crippen LogP) is 0.447. The number of aliphatic carboxylic acids is 1. The number of aryl methyl sites for hydroxylation is 1. The number of ketones is 1. The molecule has 0 saturated heterocycles. The average Bonchev–Trinajstić information content (AvgIpc) is 2.76. The molecule has 7 heteroatoms. The SMILES string of the molecule is COCCC(NC(=O)c1cc(C(C)=O)cn1C)C(=O)O. The molecule has 0 fully saturated rings. The molecule has 0 spiro atoms. The lowest BCUT2D eigenvalue weighted by molar-refractivity contribution is -0.139. The molecule has 0 saturated carbocycles. The number of hydrogen-bond acceptors (Lipinski definition) is 4. The molecule has 110 valence electrons. The van der Waals surface area contributed by atoms with Crippen LogP contribution in [0.2, 0.25) is 0 Å². The smallest absolute Gasteiger partial charge is 0.326 e. The van der Waals surface area contributed by atoms with Gasteiger partial charge in [-0.25, -0.2) is 4.79 Å². The molecule has 0 aliphatic heterocycles. The molecule has 1 heterocycles. The standard InChI is InChI=1S/C13H18N2O5/c1-8(16)9-6-11(15(2)7-9)12(17)14-10(13(18)19)4-5-20-3/h6-7,10H,4-5H2,1-3H3,(H,14,17)(H,18,19). The number of hydrogen-bond donors (Lipinski definition) is 2. The van der Waals surface area contributed by atoms with E-state index < -0.39 is 17.9 Å². The molecule has 1 amide bonds. The Balaban J connectivity index is 2.83. The van der Waals surface area contributed by atoms with Gasteiger partial charge in [0.25, 0.3) is 5.91 Å². The van der Waals surface area contributed by atoms with Crippen molar-refractivity contribution in [2.75, 3.05) is 13.7 Å². The van der Waals surface area contributed by atoms with Gasteiger partial charge in [-0.2, -0.15) is 0 Å². The van der Waals surface area contributed by atoms with Crippen LogP contribution in [-0.4, -0.2) is 47.1 Å². The number of carbonyl (C=O) groups is 3. The van der Waals surface area contributed by atoms with Gasteiger partial charge in [-0.15, -0.1) is 0 Å². The molecule has 1 atom stereocenters. The molecule has 20 heavy (non-hydrogen) atoms. The quantitative estimate of drug-likeness (QED) is 0.707. The molecular formula is C13H18N2O5. The van der Waals surface area contributed by atoms with Gasteiger partial charge in [0.2, 0.25) is 0 Å². The summed E-state index contributed by atoms with van der Waals surface area (Å²) in [6, 6.07) is 0.408. The van der Waals surface area contributed by atoms with Gasteiger partial charge in [0.1, 0.15) is 11.7 Å². The number of nitrogens with one attached hydrogen (secondary N) is 1. The molecule has 7 nitrogen and oxygen atoms in total. The van der Waals surface area contributed by atoms with E-state index in [4.69, 9.17) is 9.84 Å². The normalized spacial score (nSPS) is 11.9. The van der Waals surface area contributed by atoms with Crippen LogP contribution < -0.4 is 5.32 Å². The van der Waals surface area contributed by atoms with Crippen LogP contribution in [0.15, 0.2) is 12.3 Å². The van der Waals surface area contributed by atoms with Crippen LogP contribution in [0.1, 0.15) is 34.2 Å². The minimum absolute atomic E-state index is 0.159. The van der Waals surface area contributed by atoms with E-state index in [0.717, 1.165) is 0 Å². The van der Waals surface area contributed by atoms with Gasteiger partial charge in [0.15, 0.2) is 5.78 Å². The van der Waals surface area contributed by atoms with Crippen molar-refractivity contribution in [1.82, 2.24) is 9.88 Å². The first kappa shape index (κ1) is 15.9. The maximum atomic E-state index is 12.0. The second-order valence-electron chi connectivity index (χ2n) is 4.43. The summed E-state index contributed by atoms with van der Waals surface area (Å²) in [4.78, 5) is 34.3. The fourth-order valence-corrected chi connectivity index (χ4v) is 1.71. The summed E-state index contributed by atoms with van der Waals surface area (Å²) < 4.78 is 6.29. The van der Waals surface area contributed by atoms with Gasteiger partial charge in [0.05, 0.1) is 0 Å². The molecule has 0 aromatic carbocycles. The van der Waals surface area contributed by atoms with Crippen LogP contribution in [0, 0.1) is 0 Å². The van der Waals surface area contributed by atoms with Crippen molar-refractivity contribution in [1.29, 1.82) is 0 Å². The highest BCUT2D eigenvalue weighted by Crippen LogP contribution is 2.08. The first-order valence-corrected chi connectivity index (χ1v) is 6.06. The molecule has 1 aromatic heterocycles. The number of amides is 1. The van der Waals surface area contributed by atoms with E-state index in [2.05, 4.69) is 5.32 Å². The zero-order chi connectivity index (χ0) is 15.3. The summed E-state index contributed by atoms with van der Waals surface area (Å²) in [6.45, 7) is 1.62. The molecule has 0 aliphatic rings. The summed E-state index contributed by atoms with van der Waals surface area (Å²) in [5.74, 6) is -1.83. The number of aromatic nitrogens is 1. The maximum Gasteiger partial charge on any atom is 0.326 e. The van der Waals surface area contributed by atoms with Crippen LogP contribution in [-0.2, 0) is 16.6 Å².